The summed E-state index contributed by atoms with van der Waals surface area (Å²) in [6, 6.07) is 8.03. The summed E-state index contributed by atoms with van der Waals surface area (Å²) in [5, 5.41) is 0. The van der Waals surface area contributed by atoms with Crippen LogP contribution in [0.2, 0.25) is 0 Å². The van der Waals surface area contributed by atoms with Gasteiger partial charge in [0.05, 0.1) is 13.0 Å². The number of aromatic nitrogens is 5. The molecule has 9 heteroatoms. The molecule has 0 aliphatic carbocycles. The third kappa shape index (κ3) is 3.17. The average molecular weight is 423 g/mol. The van der Waals surface area contributed by atoms with E-state index in [0.29, 0.717) is 16.9 Å². The molecule has 4 rings (SSSR count). The van der Waals surface area contributed by atoms with Crippen LogP contribution in [0.1, 0.15) is 30.3 Å². The smallest absolute Gasteiger partial charge is 0.332 e. The molecule has 3 heterocycles. The standard InChI is InChI=1S/C22H25N5O4/c1-6-31-17(28)11-12-25-20(29)18-19(24(5)22(25)30)23-21-26(14(3)15(4)27(18)21)16-9-7-13(2)8-10-16/h7-10H,6,11-12H2,1-5H3. The topological polar surface area (TPSA) is 92.5 Å². The molecular weight excluding hydrogens is 398 g/mol. The molecule has 1 aromatic carbocycles. The molecule has 0 saturated heterocycles. The molecule has 0 spiro atoms. The number of benzene rings is 1. The van der Waals surface area contributed by atoms with E-state index >= 15 is 0 Å². The van der Waals surface area contributed by atoms with E-state index in [1.54, 1.807) is 18.4 Å². The second-order valence-corrected chi connectivity index (χ2v) is 7.61. The number of rotatable bonds is 5. The highest BCUT2D eigenvalue weighted by Gasteiger charge is 2.23. The van der Waals surface area contributed by atoms with E-state index in [1.807, 2.05) is 49.6 Å². The van der Waals surface area contributed by atoms with Crippen LogP contribution in [0.25, 0.3) is 22.6 Å². The summed E-state index contributed by atoms with van der Waals surface area (Å²) in [6.45, 7) is 7.81. The second-order valence-electron chi connectivity index (χ2n) is 7.61. The predicted octanol–water partition coefficient (Wildman–Crippen LogP) is 2.02. The largest absolute Gasteiger partial charge is 0.466 e. The van der Waals surface area contributed by atoms with E-state index in [9.17, 15) is 14.4 Å². The molecule has 162 valence electrons. The highest BCUT2D eigenvalue weighted by molar-refractivity contribution is 5.77. The first kappa shape index (κ1) is 20.6. The van der Waals surface area contributed by atoms with Gasteiger partial charge in [0.25, 0.3) is 5.56 Å². The number of esters is 1. The van der Waals surface area contributed by atoms with E-state index in [4.69, 9.17) is 4.74 Å². The molecule has 0 saturated carbocycles. The van der Waals surface area contributed by atoms with E-state index in [1.165, 1.54) is 4.57 Å². The molecule has 0 aliphatic rings. The van der Waals surface area contributed by atoms with Gasteiger partial charge in [-0.05, 0) is 39.8 Å². The zero-order valence-electron chi connectivity index (χ0n) is 18.3. The molecule has 31 heavy (non-hydrogen) atoms. The number of hydrogen-bond acceptors (Lipinski definition) is 5. The van der Waals surface area contributed by atoms with Gasteiger partial charge in [0.1, 0.15) is 0 Å². The first-order chi connectivity index (χ1) is 14.8. The van der Waals surface area contributed by atoms with Crippen LogP contribution < -0.4 is 11.2 Å². The van der Waals surface area contributed by atoms with Crippen LogP contribution in [0.15, 0.2) is 33.9 Å². The van der Waals surface area contributed by atoms with Gasteiger partial charge in [0.15, 0.2) is 11.2 Å². The summed E-state index contributed by atoms with van der Waals surface area (Å²) in [5.74, 6) is 0.108. The average Bonchev–Trinajstić information content (AvgIpc) is 3.23. The molecule has 0 unspecified atom stereocenters. The van der Waals surface area contributed by atoms with Crippen LogP contribution in [0.5, 0.6) is 0 Å². The minimum Gasteiger partial charge on any atom is -0.466 e. The zero-order chi connectivity index (χ0) is 22.4. The maximum atomic E-state index is 13.3. The molecule has 4 aromatic rings. The van der Waals surface area contributed by atoms with Crippen LogP contribution >= 0.6 is 0 Å². The Balaban J connectivity index is 1.99. The van der Waals surface area contributed by atoms with Gasteiger partial charge in [-0.15, -0.1) is 0 Å². The van der Waals surface area contributed by atoms with Gasteiger partial charge in [-0.3, -0.25) is 27.7 Å². The minimum atomic E-state index is -0.515. The normalized spacial score (nSPS) is 11.5. The molecule has 0 N–H and O–H groups in total. The molecule has 0 radical (unpaired) electrons. The van der Waals surface area contributed by atoms with Crippen molar-refractivity contribution in [1.82, 2.24) is 23.1 Å². The van der Waals surface area contributed by atoms with Crippen molar-refractivity contribution in [2.75, 3.05) is 6.61 Å². The Hall–Kier alpha value is -3.62. The van der Waals surface area contributed by atoms with Gasteiger partial charge in [0, 0.05) is 30.7 Å². The fraction of sp³-hybridized carbons (Fsp3) is 0.364. The van der Waals surface area contributed by atoms with Gasteiger partial charge in [0.2, 0.25) is 5.78 Å². The molecule has 0 bridgehead atoms. The number of carbonyl (C=O) groups excluding carboxylic acids is 1. The van der Waals surface area contributed by atoms with Crippen LogP contribution in [0.4, 0.5) is 0 Å². The van der Waals surface area contributed by atoms with E-state index in [-0.39, 0.29) is 19.6 Å². The Morgan fingerprint density at radius 1 is 1.06 bits per heavy atom. The maximum Gasteiger partial charge on any atom is 0.332 e. The molecule has 0 atom stereocenters. The lowest BCUT2D eigenvalue weighted by Gasteiger charge is -2.08. The summed E-state index contributed by atoms with van der Waals surface area (Å²) in [6.07, 6.45) is -0.0567. The lowest BCUT2D eigenvalue weighted by atomic mass is 10.2. The van der Waals surface area contributed by atoms with E-state index < -0.39 is 17.2 Å². The van der Waals surface area contributed by atoms with Gasteiger partial charge >= 0.3 is 11.7 Å². The number of nitrogens with zero attached hydrogens (tertiary/aromatic N) is 5. The summed E-state index contributed by atoms with van der Waals surface area (Å²) in [4.78, 5) is 42.6. The summed E-state index contributed by atoms with van der Waals surface area (Å²) >= 11 is 0. The number of aryl methyl sites for hydroxylation is 3. The van der Waals surface area contributed by atoms with Crippen molar-refractivity contribution in [1.29, 1.82) is 0 Å². The fourth-order valence-corrected chi connectivity index (χ4v) is 3.89. The Labute approximate surface area is 178 Å². The Morgan fingerprint density at radius 3 is 2.39 bits per heavy atom. The van der Waals surface area contributed by atoms with Crippen LogP contribution in [0.3, 0.4) is 0 Å². The summed E-state index contributed by atoms with van der Waals surface area (Å²) in [5.41, 5.74) is 3.49. The van der Waals surface area contributed by atoms with Gasteiger partial charge in [-0.1, -0.05) is 17.7 Å². The zero-order valence-corrected chi connectivity index (χ0v) is 18.3. The van der Waals surface area contributed by atoms with Gasteiger partial charge < -0.3 is 4.74 Å². The highest BCUT2D eigenvalue weighted by Crippen LogP contribution is 2.24. The van der Waals surface area contributed by atoms with Crippen LogP contribution in [-0.4, -0.2) is 35.7 Å². The maximum absolute atomic E-state index is 13.3. The SMILES string of the molecule is CCOC(=O)CCn1c(=O)c2c(nc3n(-c4ccc(C)cc4)c(C)c(C)n23)n(C)c1=O. The van der Waals surface area contributed by atoms with Gasteiger partial charge in [-0.2, -0.15) is 4.98 Å². The van der Waals surface area contributed by atoms with E-state index in [2.05, 4.69) is 4.98 Å². The fourth-order valence-electron chi connectivity index (χ4n) is 3.89. The number of imidazole rings is 2. The van der Waals surface area contributed by atoms with Crippen molar-refractivity contribution < 1.29 is 9.53 Å². The molecule has 0 amide bonds. The predicted molar refractivity (Wildman–Crippen MR) is 117 cm³/mol. The van der Waals surface area contributed by atoms with Crippen molar-refractivity contribution in [3.8, 4) is 5.69 Å². The number of carbonyl (C=O) groups is 1. The Morgan fingerprint density at radius 2 is 1.74 bits per heavy atom. The number of hydrogen-bond donors (Lipinski definition) is 0. The minimum absolute atomic E-state index is 0.0514. The molecular formula is C22H25N5O4. The number of fused-ring (bicyclic) bond motifs is 3. The van der Waals surface area contributed by atoms with Crippen molar-refractivity contribution in [2.45, 2.75) is 40.7 Å². The quantitative estimate of drug-likeness (QED) is 0.458. The van der Waals surface area contributed by atoms with Crippen molar-refractivity contribution in [3.05, 3.63) is 62.1 Å². The van der Waals surface area contributed by atoms with Crippen LogP contribution in [0, 0.1) is 20.8 Å². The highest BCUT2D eigenvalue weighted by atomic mass is 16.5. The summed E-state index contributed by atoms with van der Waals surface area (Å²) in [7, 11) is 1.58. The lowest BCUT2D eigenvalue weighted by Crippen LogP contribution is -2.40. The first-order valence-corrected chi connectivity index (χ1v) is 10.2. The molecule has 0 aliphatic heterocycles. The van der Waals surface area contributed by atoms with Crippen molar-refractivity contribution in [3.63, 3.8) is 0 Å². The molecule has 9 nitrogen and oxygen atoms in total. The molecule has 3 aromatic heterocycles. The second kappa shape index (κ2) is 7.57. The monoisotopic (exact) mass is 423 g/mol. The Kier molecular flexibility index (Phi) is 5.04. The third-order valence-electron chi connectivity index (χ3n) is 5.66. The van der Waals surface area contributed by atoms with Crippen molar-refractivity contribution >= 4 is 22.9 Å². The summed E-state index contributed by atoms with van der Waals surface area (Å²) < 4.78 is 11.1. The van der Waals surface area contributed by atoms with Crippen LogP contribution in [-0.2, 0) is 23.1 Å². The van der Waals surface area contributed by atoms with Crippen molar-refractivity contribution in [2.24, 2.45) is 7.05 Å². The molecule has 0 fully saturated rings. The van der Waals surface area contributed by atoms with Gasteiger partial charge in [-0.25, -0.2) is 4.79 Å². The third-order valence-corrected chi connectivity index (χ3v) is 5.66. The first-order valence-electron chi connectivity index (χ1n) is 10.2. The van der Waals surface area contributed by atoms with E-state index in [0.717, 1.165) is 27.2 Å². The lowest BCUT2D eigenvalue weighted by molar-refractivity contribution is -0.143. The number of ether oxygens (including phenoxy) is 1. The Bertz CT molecular complexity index is 1430.